The van der Waals surface area contributed by atoms with Gasteiger partial charge in [0.25, 0.3) is 11.6 Å². The zero-order valence-electron chi connectivity index (χ0n) is 15.2. The standard InChI is InChI=1S/C21H14BrN3O4/c1-13-19(21(26)24(23-13)16-6-3-5-15(22)11-16)12-18-8-9-20(29-18)14-4-2-7-17(10-14)25(27)28/h2-12H,1H3. The Labute approximate surface area is 174 Å². The highest BCUT2D eigenvalue weighted by molar-refractivity contribution is 9.10. The van der Waals surface area contributed by atoms with Crippen LogP contribution in [0.4, 0.5) is 11.4 Å². The summed E-state index contributed by atoms with van der Waals surface area (Å²) in [6.07, 6.45) is 1.63. The van der Waals surface area contributed by atoms with Crippen molar-refractivity contribution in [1.29, 1.82) is 0 Å². The Morgan fingerprint density at radius 2 is 1.93 bits per heavy atom. The van der Waals surface area contributed by atoms with Crippen molar-refractivity contribution < 1.29 is 14.1 Å². The zero-order chi connectivity index (χ0) is 20.5. The van der Waals surface area contributed by atoms with Crippen LogP contribution in [-0.2, 0) is 4.79 Å². The summed E-state index contributed by atoms with van der Waals surface area (Å²) in [6, 6.07) is 16.9. The van der Waals surface area contributed by atoms with Crippen LogP contribution in [0.15, 0.2) is 80.2 Å². The van der Waals surface area contributed by atoms with E-state index in [-0.39, 0.29) is 11.6 Å². The molecule has 144 valence electrons. The van der Waals surface area contributed by atoms with Gasteiger partial charge >= 0.3 is 0 Å². The molecule has 0 fully saturated rings. The number of carbonyl (C=O) groups excluding carboxylic acids is 1. The first kappa shape index (κ1) is 18.8. The number of hydrazone groups is 1. The number of rotatable bonds is 4. The van der Waals surface area contributed by atoms with Crippen molar-refractivity contribution in [3.05, 3.63) is 86.6 Å². The van der Waals surface area contributed by atoms with Crippen molar-refractivity contribution in [3.8, 4) is 11.3 Å². The number of anilines is 1. The van der Waals surface area contributed by atoms with Crippen LogP contribution in [0, 0.1) is 10.1 Å². The topological polar surface area (TPSA) is 89.0 Å². The van der Waals surface area contributed by atoms with Crippen molar-refractivity contribution in [3.63, 3.8) is 0 Å². The van der Waals surface area contributed by atoms with E-state index in [1.165, 1.54) is 17.1 Å². The van der Waals surface area contributed by atoms with E-state index in [1.807, 2.05) is 18.2 Å². The Balaban J connectivity index is 1.62. The van der Waals surface area contributed by atoms with Gasteiger partial charge in [0.15, 0.2) is 0 Å². The maximum Gasteiger partial charge on any atom is 0.280 e. The number of non-ortho nitro benzene ring substituents is 1. The molecule has 0 saturated heterocycles. The summed E-state index contributed by atoms with van der Waals surface area (Å²) in [6.45, 7) is 1.76. The number of nitro benzene ring substituents is 1. The first-order valence-electron chi connectivity index (χ1n) is 8.64. The number of amides is 1. The minimum absolute atomic E-state index is 0.0163. The van der Waals surface area contributed by atoms with Gasteiger partial charge in [-0.25, -0.2) is 0 Å². The minimum atomic E-state index is -0.455. The van der Waals surface area contributed by atoms with Gasteiger partial charge in [0.05, 0.1) is 21.9 Å². The van der Waals surface area contributed by atoms with Gasteiger partial charge in [-0.15, -0.1) is 0 Å². The predicted molar refractivity (Wildman–Crippen MR) is 114 cm³/mol. The molecule has 1 aliphatic rings. The minimum Gasteiger partial charge on any atom is -0.457 e. The lowest BCUT2D eigenvalue weighted by Crippen LogP contribution is -2.21. The number of furan rings is 1. The third kappa shape index (κ3) is 3.74. The fourth-order valence-electron chi connectivity index (χ4n) is 2.97. The summed E-state index contributed by atoms with van der Waals surface area (Å²) >= 11 is 3.39. The van der Waals surface area contributed by atoms with Crippen molar-refractivity contribution >= 4 is 45.0 Å². The highest BCUT2D eigenvalue weighted by Gasteiger charge is 2.29. The Bertz CT molecular complexity index is 1200. The van der Waals surface area contributed by atoms with Crippen molar-refractivity contribution in [2.75, 3.05) is 5.01 Å². The molecule has 8 heteroatoms. The molecular formula is C21H14BrN3O4. The lowest BCUT2D eigenvalue weighted by molar-refractivity contribution is -0.384. The van der Waals surface area contributed by atoms with Crippen LogP contribution in [0.1, 0.15) is 12.7 Å². The third-order valence-electron chi connectivity index (χ3n) is 4.37. The molecule has 29 heavy (non-hydrogen) atoms. The molecule has 0 N–H and O–H groups in total. The summed E-state index contributed by atoms with van der Waals surface area (Å²) in [5.41, 5.74) is 2.22. The Morgan fingerprint density at radius 3 is 2.69 bits per heavy atom. The lowest BCUT2D eigenvalue weighted by Gasteiger charge is -2.11. The number of nitrogens with zero attached hydrogens (tertiary/aromatic N) is 3. The molecule has 7 nitrogen and oxygen atoms in total. The largest absolute Gasteiger partial charge is 0.457 e. The van der Waals surface area contributed by atoms with Gasteiger partial charge in [-0.05, 0) is 43.3 Å². The molecule has 1 aliphatic heterocycles. The van der Waals surface area contributed by atoms with E-state index in [0.717, 1.165) is 4.47 Å². The SMILES string of the molecule is CC1=NN(c2cccc(Br)c2)C(=O)C1=Cc1ccc(-c2cccc([N+](=O)[O-])c2)o1. The molecule has 0 radical (unpaired) electrons. The molecule has 1 aromatic heterocycles. The second kappa shape index (κ2) is 7.48. The van der Waals surface area contributed by atoms with Gasteiger partial charge in [-0.3, -0.25) is 14.9 Å². The van der Waals surface area contributed by atoms with Crippen molar-refractivity contribution in [2.24, 2.45) is 5.10 Å². The molecule has 2 aromatic carbocycles. The van der Waals surface area contributed by atoms with Gasteiger partial charge in [-0.2, -0.15) is 10.1 Å². The summed E-state index contributed by atoms with van der Waals surface area (Å²) in [4.78, 5) is 23.4. The van der Waals surface area contributed by atoms with Gasteiger partial charge in [0.2, 0.25) is 0 Å². The highest BCUT2D eigenvalue weighted by atomic mass is 79.9. The number of carbonyl (C=O) groups is 1. The van der Waals surface area contributed by atoms with Crippen LogP contribution in [0.25, 0.3) is 17.4 Å². The zero-order valence-corrected chi connectivity index (χ0v) is 16.8. The van der Waals surface area contributed by atoms with E-state index in [4.69, 9.17) is 4.42 Å². The summed E-state index contributed by atoms with van der Waals surface area (Å²) < 4.78 is 6.64. The van der Waals surface area contributed by atoms with Crippen LogP contribution in [0.5, 0.6) is 0 Å². The summed E-state index contributed by atoms with van der Waals surface area (Å²) in [5.74, 6) is 0.679. The number of hydrogen-bond acceptors (Lipinski definition) is 5. The number of hydrogen-bond donors (Lipinski definition) is 0. The Kier molecular flexibility index (Phi) is 4.85. The van der Waals surface area contributed by atoms with Crippen LogP contribution in [0.2, 0.25) is 0 Å². The molecule has 0 spiro atoms. The monoisotopic (exact) mass is 451 g/mol. The Hall–Kier alpha value is -3.52. The van der Waals surface area contributed by atoms with Crippen LogP contribution >= 0.6 is 15.9 Å². The van der Waals surface area contributed by atoms with Gasteiger partial charge in [0.1, 0.15) is 11.5 Å². The van der Waals surface area contributed by atoms with Gasteiger partial charge < -0.3 is 4.42 Å². The Morgan fingerprint density at radius 1 is 1.14 bits per heavy atom. The smallest absolute Gasteiger partial charge is 0.280 e. The predicted octanol–water partition coefficient (Wildman–Crippen LogP) is 5.42. The lowest BCUT2D eigenvalue weighted by atomic mass is 10.1. The van der Waals surface area contributed by atoms with E-state index < -0.39 is 4.92 Å². The van der Waals surface area contributed by atoms with E-state index >= 15 is 0 Å². The molecule has 0 saturated carbocycles. The molecular weight excluding hydrogens is 438 g/mol. The van der Waals surface area contributed by atoms with E-state index in [9.17, 15) is 14.9 Å². The highest BCUT2D eigenvalue weighted by Crippen LogP contribution is 2.29. The van der Waals surface area contributed by atoms with E-state index in [0.29, 0.717) is 34.1 Å². The number of nitro groups is 1. The molecule has 0 unspecified atom stereocenters. The molecule has 1 amide bonds. The second-order valence-electron chi connectivity index (χ2n) is 6.35. The van der Waals surface area contributed by atoms with Gasteiger partial charge in [0, 0.05) is 22.2 Å². The molecule has 0 bridgehead atoms. The second-order valence-corrected chi connectivity index (χ2v) is 7.27. The fourth-order valence-corrected chi connectivity index (χ4v) is 3.35. The molecule has 3 aromatic rings. The van der Waals surface area contributed by atoms with Crippen molar-refractivity contribution in [1.82, 2.24) is 0 Å². The maximum absolute atomic E-state index is 12.8. The first-order valence-corrected chi connectivity index (χ1v) is 9.43. The van der Waals surface area contributed by atoms with Crippen LogP contribution < -0.4 is 5.01 Å². The summed E-state index contributed by atoms with van der Waals surface area (Å²) in [5, 5.41) is 16.7. The fraction of sp³-hybridized carbons (Fsp3) is 0.0476. The molecule has 0 aliphatic carbocycles. The number of halogens is 1. The quantitative estimate of drug-likeness (QED) is 0.300. The molecule has 4 rings (SSSR count). The normalized spacial score (nSPS) is 15.1. The average molecular weight is 452 g/mol. The maximum atomic E-state index is 12.8. The first-order chi connectivity index (χ1) is 13.9. The number of benzene rings is 2. The van der Waals surface area contributed by atoms with E-state index in [2.05, 4.69) is 21.0 Å². The van der Waals surface area contributed by atoms with Crippen molar-refractivity contribution in [2.45, 2.75) is 6.92 Å². The van der Waals surface area contributed by atoms with Gasteiger partial charge in [-0.1, -0.05) is 34.1 Å². The molecule has 2 heterocycles. The van der Waals surface area contributed by atoms with Crippen LogP contribution in [0.3, 0.4) is 0 Å². The third-order valence-corrected chi connectivity index (χ3v) is 4.86. The van der Waals surface area contributed by atoms with Crippen LogP contribution in [-0.4, -0.2) is 16.5 Å². The summed E-state index contributed by atoms with van der Waals surface area (Å²) in [7, 11) is 0. The average Bonchev–Trinajstić information content (AvgIpc) is 3.28. The van der Waals surface area contributed by atoms with E-state index in [1.54, 1.807) is 43.3 Å². The molecule has 0 atom stereocenters.